The van der Waals surface area contributed by atoms with Crippen LogP contribution in [0.3, 0.4) is 0 Å². The molecule has 0 bridgehead atoms. The van der Waals surface area contributed by atoms with Crippen molar-refractivity contribution in [2.75, 3.05) is 4.90 Å². The number of H-pyrrole nitrogens is 1. The number of nitrogens with zero attached hydrogens (tertiary/aromatic N) is 1. The van der Waals surface area contributed by atoms with Gasteiger partial charge >= 0.3 is 6.09 Å². The van der Waals surface area contributed by atoms with Gasteiger partial charge in [0.15, 0.2) is 0 Å². The van der Waals surface area contributed by atoms with Crippen LogP contribution in [0.5, 0.6) is 0 Å². The van der Waals surface area contributed by atoms with Crippen LogP contribution in [0.25, 0.3) is 22.2 Å². The fraction of sp³-hybridized carbons (Fsp3) is 0.0690. The number of rotatable bonds is 3. The van der Waals surface area contributed by atoms with Crippen molar-refractivity contribution in [1.29, 1.82) is 0 Å². The molecule has 1 unspecified atom stereocenters. The number of amides is 1. The molecule has 2 heterocycles. The molecular formula is C29H22N2O2. The second-order valence-electron chi connectivity index (χ2n) is 8.20. The van der Waals surface area contributed by atoms with E-state index in [1.807, 2.05) is 78.9 Å². The second kappa shape index (κ2) is 7.99. The number of hydrogen-bond donors (Lipinski definition) is 1. The summed E-state index contributed by atoms with van der Waals surface area (Å²) >= 11 is 0. The summed E-state index contributed by atoms with van der Waals surface area (Å²) in [5.74, 6) is 0. The highest BCUT2D eigenvalue weighted by molar-refractivity contribution is 6.03. The van der Waals surface area contributed by atoms with Gasteiger partial charge in [0, 0.05) is 22.0 Å². The number of ether oxygens (including phenoxy) is 1. The Kier molecular flexibility index (Phi) is 4.69. The second-order valence-corrected chi connectivity index (χ2v) is 8.20. The first kappa shape index (κ1) is 19.4. The molecule has 6 rings (SSSR count). The number of benzene rings is 4. The Morgan fingerprint density at radius 2 is 1.45 bits per heavy atom. The topological polar surface area (TPSA) is 45.3 Å². The van der Waals surface area contributed by atoms with E-state index >= 15 is 0 Å². The van der Waals surface area contributed by atoms with E-state index in [0.717, 1.165) is 44.5 Å². The van der Waals surface area contributed by atoms with Crippen LogP contribution in [-0.4, -0.2) is 11.1 Å². The number of para-hydroxylation sites is 2. The lowest BCUT2D eigenvalue weighted by Gasteiger charge is -2.37. The summed E-state index contributed by atoms with van der Waals surface area (Å²) in [6, 6.07) is 35.9. The summed E-state index contributed by atoms with van der Waals surface area (Å²) in [6.07, 6.45) is -0.365. The zero-order chi connectivity index (χ0) is 22.2. The number of aromatic amines is 1. The van der Waals surface area contributed by atoms with E-state index in [-0.39, 0.29) is 18.7 Å². The first-order chi connectivity index (χ1) is 16.3. The van der Waals surface area contributed by atoms with Crippen LogP contribution >= 0.6 is 0 Å². The monoisotopic (exact) mass is 430 g/mol. The van der Waals surface area contributed by atoms with Crippen LogP contribution in [-0.2, 0) is 11.3 Å². The lowest BCUT2D eigenvalue weighted by atomic mass is 9.88. The van der Waals surface area contributed by atoms with Gasteiger partial charge in [0.25, 0.3) is 0 Å². The van der Waals surface area contributed by atoms with Gasteiger partial charge in [-0.05, 0) is 23.3 Å². The van der Waals surface area contributed by atoms with Crippen LogP contribution in [0.4, 0.5) is 10.5 Å². The molecule has 4 heteroatoms. The molecular weight excluding hydrogens is 408 g/mol. The summed E-state index contributed by atoms with van der Waals surface area (Å²) in [5.41, 5.74) is 7.02. The first-order valence-corrected chi connectivity index (χ1v) is 11.1. The van der Waals surface area contributed by atoms with Gasteiger partial charge in [-0.1, -0.05) is 97.1 Å². The number of hydrogen-bond acceptors (Lipinski definition) is 2. The Hall–Kier alpha value is -4.31. The predicted octanol–water partition coefficient (Wildman–Crippen LogP) is 7.08. The quantitative estimate of drug-likeness (QED) is 0.332. The normalized spacial score (nSPS) is 14.5. The van der Waals surface area contributed by atoms with Crippen molar-refractivity contribution < 1.29 is 9.53 Å². The van der Waals surface area contributed by atoms with Gasteiger partial charge < -0.3 is 9.72 Å². The van der Waals surface area contributed by atoms with E-state index in [0.29, 0.717) is 0 Å². The largest absolute Gasteiger partial charge is 0.444 e. The molecule has 0 saturated carbocycles. The fourth-order valence-corrected chi connectivity index (χ4v) is 4.77. The number of aromatic nitrogens is 1. The molecule has 1 aromatic heterocycles. The van der Waals surface area contributed by atoms with Gasteiger partial charge in [-0.2, -0.15) is 0 Å². The third kappa shape index (κ3) is 3.28. The molecule has 33 heavy (non-hydrogen) atoms. The van der Waals surface area contributed by atoms with E-state index < -0.39 is 0 Å². The molecule has 1 aliphatic heterocycles. The molecule has 0 aliphatic carbocycles. The van der Waals surface area contributed by atoms with Gasteiger partial charge in [-0.3, -0.25) is 4.90 Å². The zero-order valence-corrected chi connectivity index (χ0v) is 17.9. The molecule has 4 nitrogen and oxygen atoms in total. The Labute approximate surface area is 192 Å². The summed E-state index contributed by atoms with van der Waals surface area (Å²) in [4.78, 5) is 19.1. The summed E-state index contributed by atoms with van der Waals surface area (Å²) in [5, 5.41) is 1.11. The van der Waals surface area contributed by atoms with Crippen molar-refractivity contribution in [3.8, 4) is 11.3 Å². The van der Waals surface area contributed by atoms with E-state index in [1.165, 1.54) is 0 Å². The highest BCUT2D eigenvalue weighted by atomic mass is 16.6. The van der Waals surface area contributed by atoms with Crippen LogP contribution in [0.15, 0.2) is 109 Å². The summed E-state index contributed by atoms with van der Waals surface area (Å²) in [6.45, 7) is 0.223. The highest BCUT2D eigenvalue weighted by Crippen LogP contribution is 2.49. The van der Waals surface area contributed by atoms with Gasteiger partial charge in [0.2, 0.25) is 0 Å². The molecule has 1 N–H and O–H groups in total. The van der Waals surface area contributed by atoms with E-state index in [2.05, 4.69) is 35.3 Å². The van der Waals surface area contributed by atoms with Gasteiger partial charge in [-0.25, -0.2) is 4.79 Å². The maximum atomic E-state index is 13.7. The SMILES string of the molecule is O=C(OCc1ccccc1)N1c2ccccc2-c2[nH]c3ccccc3c2C1c1ccccc1. The molecule has 1 aliphatic rings. The highest BCUT2D eigenvalue weighted by Gasteiger charge is 2.39. The van der Waals surface area contributed by atoms with Crippen molar-refractivity contribution in [3.63, 3.8) is 0 Å². The van der Waals surface area contributed by atoms with Crippen molar-refractivity contribution in [1.82, 2.24) is 4.98 Å². The number of carbonyl (C=O) groups is 1. The molecule has 0 spiro atoms. The van der Waals surface area contributed by atoms with Crippen LogP contribution < -0.4 is 4.90 Å². The molecule has 160 valence electrons. The van der Waals surface area contributed by atoms with Gasteiger partial charge in [0.05, 0.1) is 17.4 Å². The number of carbonyl (C=O) groups excluding carboxylic acids is 1. The summed E-state index contributed by atoms with van der Waals surface area (Å²) in [7, 11) is 0. The first-order valence-electron chi connectivity index (χ1n) is 11.1. The van der Waals surface area contributed by atoms with Crippen LogP contribution in [0.2, 0.25) is 0 Å². The third-order valence-corrected chi connectivity index (χ3v) is 6.23. The van der Waals surface area contributed by atoms with E-state index in [9.17, 15) is 4.79 Å². The minimum Gasteiger partial charge on any atom is -0.444 e. The molecule has 0 fully saturated rings. The molecule has 1 atom stereocenters. The molecule has 5 aromatic rings. The third-order valence-electron chi connectivity index (χ3n) is 6.23. The van der Waals surface area contributed by atoms with Gasteiger partial charge in [0.1, 0.15) is 6.61 Å². The fourth-order valence-electron chi connectivity index (χ4n) is 4.77. The molecule has 4 aromatic carbocycles. The van der Waals surface area contributed by atoms with Crippen LogP contribution in [0, 0.1) is 0 Å². The van der Waals surface area contributed by atoms with Crippen molar-refractivity contribution in [2.24, 2.45) is 0 Å². The minimum atomic E-state index is -0.365. The molecule has 0 radical (unpaired) electrons. The minimum absolute atomic E-state index is 0.223. The Balaban J connectivity index is 1.53. The zero-order valence-electron chi connectivity index (χ0n) is 17.9. The number of fused-ring (bicyclic) bond motifs is 5. The lowest BCUT2D eigenvalue weighted by molar-refractivity contribution is 0.145. The number of anilines is 1. The van der Waals surface area contributed by atoms with Crippen molar-refractivity contribution in [2.45, 2.75) is 12.6 Å². The Morgan fingerprint density at radius 1 is 0.788 bits per heavy atom. The maximum absolute atomic E-state index is 13.7. The Bertz CT molecular complexity index is 1440. The lowest BCUT2D eigenvalue weighted by Crippen LogP contribution is -2.38. The standard InChI is InChI=1S/C29H22N2O2/c32-29(33-19-20-11-3-1-4-12-20)31-25-18-10-8-16-23(25)27-26(22-15-7-9-17-24(22)30-27)28(31)21-13-5-2-6-14-21/h1-18,28,30H,19H2. The van der Waals surface area contributed by atoms with Crippen molar-refractivity contribution >= 4 is 22.7 Å². The van der Waals surface area contributed by atoms with E-state index in [4.69, 9.17) is 4.74 Å². The average Bonchev–Trinajstić information content (AvgIpc) is 3.27. The van der Waals surface area contributed by atoms with Gasteiger partial charge in [-0.15, -0.1) is 0 Å². The summed E-state index contributed by atoms with van der Waals surface area (Å²) < 4.78 is 5.86. The van der Waals surface area contributed by atoms with E-state index in [1.54, 1.807) is 4.90 Å². The average molecular weight is 431 g/mol. The molecule has 1 amide bonds. The van der Waals surface area contributed by atoms with Crippen molar-refractivity contribution in [3.05, 3.63) is 126 Å². The molecule has 0 saturated heterocycles. The number of nitrogens with one attached hydrogen (secondary N) is 1. The predicted molar refractivity (Wildman–Crippen MR) is 131 cm³/mol. The Morgan fingerprint density at radius 3 is 2.27 bits per heavy atom. The van der Waals surface area contributed by atoms with Crippen LogP contribution in [0.1, 0.15) is 22.7 Å². The smallest absolute Gasteiger partial charge is 0.415 e. The maximum Gasteiger partial charge on any atom is 0.415 e.